The normalized spacial score (nSPS) is 12.3. The standard InChI is InChI=1S/C13H23N3O3/c1-5-19-12(17)7-6-10(14)8-11-9(2)15-16(3)13(11)18-4/h10H,5-8,14H2,1-4H3. The second kappa shape index (κ2) is 7.13. The lowest BCUT2D eigenvalue weighted by Gasteiger charge is -2.12. The second-order valence-electron chi connectivity index (χ2n) is 4.50. The zero-order valence-corrected chi connectivity index (χ0v) is 12.1. The minimum Gasteiger partial charge on any atom is -0.481 e. The molecule has 0 fully saturated rings. The molecule has 1 aromatic rings. The van der Waals surface area contributed by atoms with Gasteiger partial charge in [-0.25, -0.2) is 4.68 Å². The van der Waals surface area contributed by atoms with E-state index in [9.17, 15) is 4.79 Å². The zero-order chi connectivity index (χ0) is 14.4. The highest BCUT2D eigenvalue weighted by atomic mass is 16.5. The molecule has 6 heteroatoms. The van der Waals surface area contributed by atoms with Gasteiger partial charge in [0.15, 0.2) is 0 Å². The van der Waals surface area contributed by atoms with Crippen LogP contribution in [0.25, 0.3) is 0 Å². The van der Waals surface area contributed by atoms with E-state index < -0.39 is 0 Å². The number of hydrogen-bond acceptors (Lipinski definition) is 5. The summed E-state index contributed by atoms with van der Waals surface area (Å²) >= 11 is 0. The number of esters is 1. The predicted octanol–water partition coefficient (Wildman–Crippen LogP) is 0.950. The van der Waals surface area contributed by atoms with E-state index in [1.54, 1.807) is 18.7 Å². The molecule has 0 amide bonds. The number of carbonyl (C=O) groups excluding carboxylic acids is 1. The lowest BCUT2D eigenvalue weighted by molar-refractivity contribution is -0.143. The largest absolute Gasteiger partial charge is 0.481 e. The van der Waals surface area contributed by atoms with Crippen molar-refractivity contribution in [2.75, 3.05) is 13.7 Å². The van der Waals surface area contributed by atoms with Gasteiger partial charge in [0.1, 0.15) is 0 Å². The van der Waals surface area contributed by atoms with Gasteiger partial charge in [0, 0.05) is 25.1 Å². The SMILES string of the molecule is CCOC(=O)CCC(N)Cc1c(C)nn(C)c1OC. The van der Waals surface area contributed by atoms with Gasteiger partial charge in [-0.3, -0.25) is 4.79 Å². The molecule has 19 heavy (non-hydrogen) atoms. The quantitative estimate of drug-likeness (QED) is 0.745. The second-order valence-corrected chi connectivity index (χ2v) is 4.50. The number of aromatic nitrogens is 2. The van der Waals surface area contributed by atoms with Gasteiger partial charge in [-0.1, -0.05) is 0 Å². The number of rotatable bonds is 7. The first-order valence-electron chi connectivity index (χ1n) is 6.47. The van der Waals surface area contributed by atoms with E-state index in [0.29, 0.717) is 25.9 Å². The molecule has 0 aromatic carbocycles. The molecule has 1 heterocycles. The average Bonchev–Trinajstić information content (AvgIpc) is 2.61. The molecule has 1 aromatic heterocycles. The summed E-state index contributed by atoms with van der Waals surface area (Å²) in [6, 6.07) is -0.110. The van der Waals surface area contributed by atoms with Crippen LogP contribution in [0.2, 0.25) is 0 Å². The third-order valence-electron chi connectivity index (χ3n) is 2.97. The molecule has 0 spiro atoms. The molecule has 0 saturated carbocycles. The monoisotopic (exact) mass is 269 g/mol. The molecule has 108 valence electrons. The molecule has 1 atom stereocenters. The van der Waals surface area contributed by atoms with Gasteiger partial charge in [-0.15, -0.1) is 0 Å². The van der Waals surface area contributed by atoms with E-state index in [1.807, 2.05) is 14.0 Å². The summed E-state index contributed by atoms with van der Waals surface area (Å²) in [4.78, 5) is 11.3. The highest BCUT2D eigenvalue weighted by Gasteiger charge is 2.17. The first-order valence-corrected chi connectivity index (χ1v) is 6.47. The Bertz CT molecular complexity index is 429. The molecule has 0 aliphatic carbocycles. The Balaban J connectivity index is 2.57. The Hall–Kier alpha value is -1.56. The third kappa shape index (κ3) is 4.24. The molecule has 0 bridgehead atoms. The van der Waals surface area contributed by atoms with Crippen molar-refractivity contribution >= 4 is 5.97 Å². The van der Waals surface area contributed by atoms with Crippen molar-refractivity contribution in [2.45, 2.75) is 39.2 Å². The Kier molecular flexibility index (Phi) is 5.82. The first-order chi connectivity index (χ1) is 8.99. The Morgan fingerprint density at radius 3 is 2.79 bits per heavy atom. The van der Waals surface area contributed by atoms with Crippen LogP contribution >= 0.6 is 0 Å². The number of hydrogen-bond donors (Lipinski definition) is 1. The Morgan fingerprint density at radius 1 is 1.53 bits per heavy atom. The fourth-order valence-corrected chi connectivity index (χ4v) is 2.07. The van der Waals surface area contributed by atoms with Gasteiger partial charge in [-0.2, -0.15) is 5.10 Å². The van der Waals surface area contributed by atoms with Crippen LogP contribution in [0.5, 0.6) is 5.88 Å². The summed E-state index contributed by atoms with van der Waals surface area (Å²) in [5, 5.41) is 4.30. The summed E-state index contributed by atoms with van der Waals surface area (Å²) in [5.41, 5.74) is 7.96. The molecular formula is C13H23N3O3. The maximum Gasteiger partial charge on any atom is 0.305 e. The number of carbonyl (C=O) groups is 1. The number of methoxy groups -OCH3 is 1. The van der Waals surface area contributed by atoms with Crippen molar-refractivity contribution in [3.63, 3.8) is 0 Å². The Labute approximate surface area is 113 Å². The Morgan fingerprint density at radius 2 is 2.21 bits per heavy atom. The minimum atomic E-state index is -0.201. The van der Waals surface area contributed by atoms with Gasteiger partial charge in [-0.05, 0) is 26.7 Å². The van der Waals surface area contributed by atoms with Crippen LogP contribution in [0.3, 0.4) is 0 Å². The molecule has 6 nitrogen and oxygen atoms in total. The van der Waals surface area contributed by atoms with E-state index in [4.69, 9.17) is 15.2 Å². The van der Waals surface area contributed by atoms with Crippen LogP contribution in [0, 0.1) is 6.92 Å². The highest BCUT2D eigenvalue weighted by Crippen LogP contribution is 2.22. The minimum absolute atomic E-state index is 0.110. The molecule has 0 saturated heterocycles. The highest BCUT2D eigenvalue weighted by molar-refractivity contribution is 5.69. The fraction of sp³-hybridized carbons (Fsp3) is 0.692. The summed E-state index contributed by atoms with van der Waals surface area (Å²) in [6.07, 6.45) is 1.58. The predicted molar refractivity (Wildman–Crippen MR) is 72.0 cm³/mol. The molecule has 0 radical (unpaired) electrons. The van der Waals surface area contributed by atoms with E-state index in [-0.39, 0.29) is 12.0 Å². The van der Waals surface area contributed by atoms with Crippen LogP contribution in [0.15, 0.2) is 0 Å². The van der Waals surface area contributed by atoms with Crippen molar-refractivity contribution in [1.29, 1.82) is 0 Å². The number of nitrogens with two attached hydrogens (primary N) is 1. The summed E-state index contributed by atoms with van der Waals surface area (Å²) < 4.78 is 11.9. The maximum absolute atomic E-state index is 11.3. The van der Waals surface area contributed by atoms with Gasteiger partial charge in [0.05, 0.1) is 19.4 Å². The molecule has 1 unspecified atom stereocenters. The summed E-state index contributed by atoms with van der Waals surface area (Å²) in [7, 11) is 3.45. The van der Waals surface area contributed by atoms with Crippen LogP contribution in [0.4, 0.5) is 0 Å². The lowest BCUT2D eigenvalue weighted by atomic mass is 10.0. The molecule has 0 aliphatic heterocycles. The van der Waals surface area contributed by atoms with E-state index >= 15 is 0 Å². The van der Waals surface area contributed by atoms with Crippen molar-refractivity contribution in [2.24, 2.45) is 12.8 Å². The first kappa shape index (κ1) is 15.5. The van der Waals surface area contributed by atoms with Crippen molar-refractivity contribution in [1.82, 2.24) is 9.78 Å². The molecule has 0 aliphatic rings. The molecular weight excluding hydrogens is 246 g/mol. The molecule has 1 rings (SSSR count). The van der Waals surface area contributed by atoms with Crippen LogP contribution in [-0.4, -0.2) is 35.5 Å². The number of ether oxygens (including phenoxy) is 2. The number of aryl methyl sites for hydroxylation is 2. The number of nitrogens with zero attached hydrogens (tertiary/aromatic N) is 2. The van der Waals surface area contributed by atoms with E-state index in [1.165, 1.54) is 0 Å². The topological polar surface area (TPSA) is 79.4 Å². The van der Waals surface area contributed by atoms with Crippen molar-refractivity contribution in [3.8, 4) is 5.88 Å². The van der Waals surface area contributed by atoms with Gasteiger partial charge in [0.2, 0.25) is 5.88 Å². The third-order valence-corrected chi connectivity index (χ3v) is 2.97. The maximum atomic E-state index is 11.3. The van der Waals surface area contributed by atoms with Crippen LogP contribution < -0.4 is 10.5 Å². The van der Waals surface area contributed by atoms with Gasteiger partial charge >= 0.3 is 5.97 Å². The van der Waals surface area contributed by atoms with E-state index in [0.717, 1.165) is 17.1 Å². The summed E-state index contributed by atoms with van der Waals surface area (Å²) in [5.74, 6) is 0.525. The lowest BCUT2D eigenvalue weighted by Crippen LogP contribution is -2.24. The average molecular weight is 269 g/mol. The fourth-order valence-electron chi connectivity index (χ4n) is 2.07. The molecule has 2 N–H and O–H groups in total. The summed E-state index contributed by atoms with van der Waals surface area (Å²) in [6.45, 7) is 4.13. The van der Waals surface area contributed by atoms with Gasteiger partial charge < -0.3 is 15.2 Å². The zero-order valence-electron chi connectivity index (χ0n) is 12.1. The van der Waals surface area contributed by atoms with Crippen LogP contribution in [0.1, 0.15) is 31.0 Å². The smallest absolute Gasteiger partial charge is 0.305 e. The van der Waals surface area contributed by atoms with E-state index in [2.05, 4.69) is 5.10 Å². The van der Waals surface area contributed by atoms with Crippen molar-refractivity contribution in [3.05, 3.63) is 11.3 Å². The van der Waals surface area contributed by atoms with Crippen LogP contribution in [-0.2, 0) is 23.0 Å². The van der Waals surface area contributed by atoms with Crippen molar-refractivity contribution < 1.29 is 14.3 Å². The van der Waals surface area contributed by atoms with Gasteiger partial charge in [0.25, 0.3) is 0 Å².